The first kappa shape index (κ1) is 16.3. The van der Waals surface area contributed by atoms with Gasteiger partial charge in [0.25, 0.3) is 5.91 Å². The van der Waals surface area contributed by atoms with Gasteiger partial charge in [0.05, 0.1) is 11.6 Å². The lowest BCUT2D eigenvalue weighted by atomic mass is 10.0. The Labute approximate surface area is 151 Å². The fourth-order valence-corrected chi connectivity index (χ4v) is 3.29. The van der Waals surface area contributed by atoms with Crippen molar-refractivity contribution in [2.24, 2.45) is 5.92 Å². The van der Waals surface area contributed by atoms with E-state index in [4.69, 9.17) is 0 Å². The van der Waals surface area contributed by atoms with E-state index in [1.54, 1.807) is 6.20 Å². The molecule has 1 atom stereocenters. The molecule has 0 aliphatic rings. The quantitative estimate of drug-likeness (QED) is 0.578. The molecule has 0 radical (unpaired) electrons. The van der Waals surface area contributed by atoms with Crippen molar-refractivity contribution in [3.05, 3.63) is 66.2 Å². The van der Waals surface area contributed by atoms with Crippen LogP contribution in [-0.2, 0) is 0 Å². The topological polar surface area (TPSA) is 75.1 Å². The van der Waals surface area contributed by atoms with Crippen LogP contribution in [0.5, 0.6) is 0 Å². The summed E-state index contributed by atoms with van der Waals surface area (Å²) in [4.78, 5) is 16.1. The van der Waals surface area contributed by atoms with E-state index in [-0.39, 0.29) is 11.9 Å². The second-order valence-electron chi connectivity index (χ2n) is 6.89. The molecule has 132 valence electrons. The molecular weight excluding hydrogens is 326 g/mol. The van der Waals surface area contributed by atoms with Crippen molar-refractivity contribution in [3.63, 3.8) is 0 Å². The Hall–Kier alpha value is -3.15. The number of carbonyl (C=O) groups excluding carboxylic acids is 1. The zero-order chi connectivity index (χ0) is 18.1. The van der Waals surface area contributed by atoms with Gasteiger partial charge in [-0.25, -0.2) is 0 Å². The van der Waals surface area contributed by atoms with Gasteiger partial charge >= 0.3 is 0 Å². The highest BCUT2D eigenvalue weighted by molar-refractivity contribution is 6.06. The third kappa shape index (κ3) is 2.94. The maximum atomic E-state index is 13.0. The molecule has 6 heteroatoms. The zero-order valence-electron chi connectivity index (χ0n) is 14.8. The fourth-order valence-electron chi connectivity index (χ4n) is 3.29. The zero-order valence-corrected chi connectivity index (χ0v) is 14.8. The molecule has 6 nitrogen and oxygen atoms in total. The Morgan fingerprint density at radius 2 is 1.96 bits per heavy atom. The Bertz CT molecular complexity index is 1060. The highest BCUT2D eigenvalue weighted by atomic mass is 16.1. The van der Waals surface area contributed by atoms with Crippen molar-refractivity contribution in [2.75, 3.05) is 0 Å². The first-order valence-corrected chi connectivity index (χ1v) is 8.80. The standard InChI is InChI=1S/C20H21N5O/c1-13(2)11-17(19-24-23-18-9-5-6-10-25(18)19)22-20(26)15-12-21-16-8-4-3-7-14(15)16/h3-10,12-13,17,21H,11H2,1-2H3,(H,22,26). The molecule has 4 rings (SSSR count). The summed E-state index contributed by atoms with van der Waals surface area (Å²) >= 11 is 0. The van der Waals surface area contributed by atoms with Crippen molar-refractivity contribution >= 4 is 22.5 Å². The van der Waals surface area contributed by atoms with E-state index in [0.29, 0.717) is 11.5 Å². The van der Waals surface area contributed by atoms with Crippen LogP contribution in [0, 0.1) is 5.92 Å². The summed E-state index contributed by atoms with van der Waals surface area (Å²) in [5.74, 6) is 1.04. The lowest BCUT2D eigenvalue weighted by molar-refractivity contribution is 0.0931. The van der Waals surface area contributed by atoms with E-state index in [2.05, 4.69) is 34.3 Å². The van der Waals surface area contributed by atoms with Crippen molar-refractivity contribution < 1.29 is 4.79 Å². The SMILES string of the molecule is CC(C)CC(NC(=O)c1c[nH]c2ccccc12)c1nnc2ccccn12. The van der Waals surface area contributed by atoms with Crippen LogP contribution < -0.4 is 5.32 Å². The molecule has 0 aliphatic heterocycles. The summed E-state index contributed by atoms with van der Waals surface area (Å²) in [7, 11) is 0. The van der Waals surface area contributed by atoms with Crippen molar-refractivity contribution in [3.8, 4) is 0 Å². The lowest BCUT2D eigenvalue weighted by Gasteiger charge is -2.19. The molecule has 26 heavy (non-hydrogen) atoms. The van der Waals surface area contributed by atoms with E-state index >= 15 is 0 Å². The van der Waals surface area contributed by atoms with Gasteiger partial charge in [0, 0.05) is 23.3 Å². The third-order valence-corrected chi connectivity index (χ3v) is 4.50. The van der Waals surface area contributed by atoms with Gasteiger partial charge in [-0.05, 0) is 30.5 Å². The summed E-state index contributed by atoms with van der Waals surface area (Å²) in [5, 5.41) is 12.6. The highest BCUT2D eigenvalue weighted by Crippen LogP contribution is 2.23. The van der Waals surface area contributed by atoms with Crippen molar-refractivity contribution in [1.29, 1.82) is 0 Å². The number of H-pyrrole nitrogens is 1. The number of nitrogens with one attached hydrogen (secondary N) is 2. The molecule has 0 saturated carbocycles. The van der Waals surface area contributed by atoms with Gasteiger partial charge in [0.2, 0.25) is 0 Å². The second kappa shape index (κ2) is 6.63. The van der Waals surface area contributed by atoms with Crippen LogP contribution >= 0.6 is 0 Å². The monoisotopic (exact) mass is 347 g/mol. The lowest BCUT2D eigenvalue weighted by Crippen LogP contribution is -2.30. The largest absolute Gasteiger partial charge is 0.360 e. The number of pyridine rings is 1. The Balaban J connectivity index is 1.68. The second-order valence-corrected chi connectivity index (χ2v) is 6.89. The number of fused-ring (bicyclic) bond motifs is 2. The van der Waals surface area contributed by atoms with Gasteiger partial charge in [-0.2, -0.15) is 0 Å². The molecule has 0 bridgehead atoms. The summed E-state index contributed by atoms with van der Waals surface area (Å²) in [6, 6.07) is 13.4. The summed E-state index contributed by atoms with van der Waals surface area (Å²) in [6.45, 7) is 4.27. The maximum absolute atomic E-state index is 13.0. The Morgan fingerprint density at radius 3 is 2.81 bits per heavy atom. The predicted octanol–water partition coefficient (Wildman–Crippen LogP) is 3.73. The smallest absolute Gasteiger partial charge is 0.254 e. The first-order chi connectivity index (χ1) is 12.6. The molecule has 1 unspecified atom stereocenters. The number of aromatic nitrogens is 4. The molecule has 2 N–H and O–H groups in total. The molecular formula is C20H21N5O. The molecule has 3 aromatic heterocycles. The van der Waals surface area contributed by atoms with Crippen LogP contribution in [0.15, 0.2) is 54.9 Å². The Kier molecular flexibility index (Phi) is 4.16. The van der Waals surface area contributed by atoms with Gasteiger partial charge in [-0.15, -0.1) is 10.2 Å². The maximum Gasteiger partial charge on any atom is 0.254 e. The molecule has 0 fully saturated rings. The molecule has 0 saturated heterocycles. The summed E-state index contributed by atoms with van der Waals surface area (Å²) in [6.07, 6.45) is 4.47. The Morgan fingerprint density at radius 1 is 1.15 bits per heavy atom. The van der Waals surface area contributed by atoms with Gasteiger partial charge < -0.3 is 10.3 Å². The van der Waals surface area contributed by atoms with Crippen molar-refractivity contribution in [1.82, 2.24) is 24.9 Å². The number of nitrogens with zero attached hydrogens (tertiary/aromatic N) is 3. The van der Waals surface area contributed by atoms with E-state index in [1.807, 2.05) is 53.1 Å². The number of aromatic amines is 1. The minimum atomic E-state index is -0.214. The number of carbonyl (C=O) groups is 1. The molecule has 3 heterocycles. The average molecular weight is 347 g/mol. The summed E-state index contributed by atoms with van der Waals surface area (Å²) in [5.41, 5.74) is 2.37. The molecule has 0 aliphatic carbocycles. The molecule has 0 spiro atoms. The van der Waals surface area contributed by atoms with Crippen LogP contribution in [0.4, 0.5) is 0 Å². The molecule has 1 amide bonds. The normalized spacial score (nSPS) is 12.7. The number of hydrogen-bond donors (Lipinski definition) is 2. The molecule has 1 aromatic carbocycles. The van der Waals surface area contributed by atoms with Crippen LogP contribution in [0.3, 0.4) is 0 Å². The van der Waals surface area contributed by atoms with Crippen molar-refractivity contribution in [2.45, 2.75) is 26.3 Å². The van der Waals surface area contributed by atoms with Crippen LogP contribution in [0.25, 0.3) is 16.6 Å². The average Bonchev–Trinajstić information content (AvgIpc) is 3.25. The van der Waals surface area contributed by atoms with Gasteiger partial charge in [-0.3, -0.25) is 9.20 Å². The third-order valence-electron chi connectivity index (χ3n) is 4.50. The highest BCUT2D eigenvalue weighted by Gasteiger charge is 2.23. The predicted molar refractivity (Wildman–Crippen MR) is 101 cm³/mol. The number of para-hydroxylation sites is 1. The minimum absolute atomic E-state index is 0.110. The number of hydrogen-bond acceptors (Lipinski definition) is 3. The fraction of sp³-hybridized carbons (Fsp3) is 0.250. The number of amides is 1. The number of benzene rings is 1. The minimum Gasteiger partial charge on any atom is -0.360 e. The van der Waals surface area contributed by atoms with E-state index in [9.17, 15) is 4.79 Å². The molecule has 4 aromatic rings. The van der Waals surface area contributed by atoms with Crippen LogP contribution in [-0.4, -0.2) is 25.5 Å². The first-order valence-electron chi connectivity index (χ1n) is 8.80. The van der Waals surface area contributed by atoms with E-state index < -0.39 is 0 Å². The number of rotatable bonds is 5. The van der Waals surface area contributed by atoms with Gasteiger partial charge in [0.1, 0.15) is 0 Å². The van der Waals surface area contributed by atoms with Gasteiger partial charge in [-0.1, -0.05) is 38.1 Å². The van der Waals surface area contributed by atoms with Crippen LogP contribution in [0.2, 0.25) is 0 Å². The summed E-state index contributed by atoms with van der Waals surface area (Å²) < 4.78 is 1.93. The van der Waals surface area contributed by atoms with E-state index in [0.717, 1.165) is 28.8 Å². The van der Waals surface area contributed by atoms with Gasteiger partial charge in [0.15, 0.2) is 11.5 Å². The van der Waals surface area contributed by atoms with Crippen LogP contribution in [0.1, 0.15) is 42.5 Å². The van der Waals surface area contributed by atoms with E-state index in [1.165, 1.54) is 0 Å².